The first-order valence-electron chi connectivity index (χ1n) is 7.84. The standard InChI is InChI=1S/C18H22N2OS/c1-14(17-8-10-22-13-17)19-9-4-7-18(21)20-11-15-5-2-3-6-16(15)12-20/h2-3,5-6,8,10,13-14,19H,4,7,9,11-12H2,1H3. The normalized spacial score (nSPS) is 14.9. The van der Waals surface area contributed by atoms with Gasteiger partial charge >= 0.3 is 0 Å². The van der Waals surface area contributed by atoms with Crippen molar-refractivity contribution in [1.29, 1.82) is 0 Å². The lowest BCUT2D eigenvalue weighted by Crippen LogP contribution is -2.26. The van der Waals surface area contributed by atoms with Gasteiger partial charge in [0.25, 0.3) is 0 Å². The van der Waals surface area contributed by atoms with Crippen molar-refractivity contribution in [3.05, 3.63) is 57.8 Å². The number of benzene rings is 1. The zero-order valence-electron chi connectivity index (χ0n) is 12.9. The number of nitrogens with zero attached hydrogens (tertiary/aromatic N) is 1. The molecule has 0 spiro atoms. The first kappa shape index (κ1) is 15.3. The van der Waals surface area contributed by atoms with Gasteiger partial charge in [-0.15, -0.1) is 0 Å². The van der Waals surface area contributed by atoms with Crippen LogP contribution < -0.4 is 5.32 Å². The summed E-state index contributed by atoms with van der Waals surface area (Å²) < 4.78 is 0. The number of fused-ring (bicyclic) bond motifs is 1. The van der Waals surface area contributed by atoms with Crippen LogP contribution in [0.25, 0.3) is 0 Å². The molecule has 116 valence electrons. The van der Waals surface area contributed by atoms with Crippen LogP contribution in [0.1, 0.15) is 42.5 Å². The molecule has 1 aromatic heterocycles. The van der Waals surface area contributed by atoms with E-state index in [0.717, 1.165) is 26.1 Å². The molecule has 1 atom stereocenters. The number of rotatable bonds is 6. The van der Waals surface area contributed by atoms with Gasteiger partial charge in [0.15, 0.2) is 0 Å². The maximum Gasteiger partial charge on any atom is 0.223 e. The number of carbonyl (C=O) groups excluding carboxylic acids is 1. The van der Waals surface area contributed by atoms with E-state index in [9.17, 15) is 4.79 Å². The summed E-state index contributed by atoms with van der Waals surface area (Å²) in [6.45, 7) is 4.59. The Morgan fingerprint density at radius 3 is 2.64 bits per heavy atom. The molecule has 0 radical (unpaired) electrons. The van der Waals surface area contributed by atoms with E-state index in [4.69, 9.17) is 0 Å². The van der Waals surface area contributed by atoms with Crippen LogP contribution in [0.2, 0.25) is 0 Å². The number of thiophene rings is 1. The number of nitrogens with one attached hydrogen (secondary N) is 1. The first-order chi connectivity index (χ1) is 10.7. The van der Waals surface area contributed by atoms with Crippen LogP contribution in [0.5, 0.6) is 0 Å². The van der Waals surface area contributed by atoms with E-state index < -0.39 is 0 Å². The fourth-order valence-electron chi connectivity index (χ4n) is 2.87. The Bertz CT molecular complexity index is 599. The molecule has 0 saturated carbocycles. The third-order valence-corrected chi connectivity index (χ3v) is 4.96. The van der Waals surface area contributed by atoms with Crippen LogP contribution >= 0.6 is 11.3 Å². The molecular weight excluding hydrogens is 292 g/mol. The highest BCUT2D eigenvalue weighted by Crippen LogP contribution is 2.23. The summed E-state index contributed by atoms with van der Waals surface area (Å²) in [6.07, 6.45) is 1.51. The molecule has 3 rings (SSSR count). The highest BCUT2D eigenvalue weighted by Gasteiger charge is 2.22. The summed E-state index contributed by atoms with van der Waals surface area (Å²) in [5.41, 5.74) is 3.91. The van der Waals surface area contributed by atoms with Crippen LogP contribution in [0.15, 0.2) is 41.1 Å². The van der Waals surface area contributed by atoms with Gasteiger partial charge in [0.05, 0.1) is 0 Å². The summed E-state index contributed by atoms with van der Waals surface area (Å²) in [5, 5.41) is 7.75. The second-order valence-electron chi connectivity index (χ2n) is 5.85. The predicted octanol–water partition coefficient (Wildman–Crippen LogP) is 3.72. The largest absolute Gasteiger partial charge is 0.334 e. The Hall–Kier alpha value is -1.65. The average Bonchev–Trinajstić information content (AvgIpc) is 3.19. The molecular formula is C18H22N2OS. The van der Waals surface area contributed by atoms with E-state index in [1.54, 1.807) is 11.3 Å². The quantitative estimate of drug-likeness (QED) is 0.824. The number of amides is 1. The van der Waals surface area contributed by atoms with Crippen LogP contribution in [0.4, 0.5) is 0 Å². The Morgan fingerprint density at radius 2 is 2.00 bits per heavy atom. The van der Waals surface area contributed by atoms with Crippen molar-refractivity contribution >= 4 is 17.2 Å². The van der Waals surface area contributed by atoms with Gasteiger partial charge in [0, 0.05) is 25.6 Å². The van der Waals surface area contributed by atoms with Crippen molar-refractivity contribution in [2.45, 2.75) is 38.9 Å². The van der Waals surface area contributed by atoms with E-state index >= 15 is 0 Å². The van der Waals surface area contributed by atoms with Crippen LogP contribution in [-0.2, 0) is 17.9 Å². The van der Waals surface area contributed by atoms with Crippen molar-refractivity contribution in [2.75, 3.05) is 6.54 Å². The maximum atomic E-state index is 12.3. The third-order valence-electron chi connectivity index (χ3n) is 4.25. The van der Waals surface area contributed by atoms with Gasteiger partial charge in [0.2, 0.25) is 5.91 Å². The van der Waals surface area contributed by atoms with E-state index in [0.29, 0.717) is 12.5 Å². The molecule has 1 amide bonds. The monoisotopic (exact) mass is 314 g/mol. The van der Waals surface area contributed by atoms with Crippen LogP contribution in [-0.4, -0.2) is 17.4 Å². The predicted molar refractivity (Wildman–Crippen MR) is 90.7 cm³/mol. The second-order valence-corrected chi connectivity index (χ2v) is 6.63. The summed E-state index contributed by atoms with van der Waals surface area (Å²) in [4.78, 5) is 14.3. The zero-order chi connectivity index (χ0) is 15.4. The van der Waals surface area contributed by atoms with Gasteiger partial charge in [-0.25, -0.2) is 0 Å². The smallest absolute Gasteiger partial charge is 0.223 e. The lowest BCUT2D eigenvalue weighted by molar-refractivity contribution is -0.131. The Labute approximate surface area is 136 Å². The molecule has 0 aliphatic carbocycles. The van der Waals surface area contributed by atoms with E-state index in [1.807, 2.05) is 17.0 Å². The summed E-state index contributed by atoms with van der Waals surface area (Å²) in [5.74, 6) is 0.265. The SMILES string of the molecule is CC(NCCCC(=O)N1Cc2ccccc2C1)c1ccsc1. The average molecular weight is 314 g/mol. The van der Waals surface area contributed by atoms with Crippen molar-refractivity contribution in [3.63, 3.8) is 0 Å². The topological polar surface area (TPSA) is 32.3 Å². The molecule has 22 heavy (non-hydrogen) atoms. The zero-order valence-corrected chi connectivity index (χ0v) is 13.7. The first-order valence-corrected chi connectivity index (χ1v) is 8.78. The maximum absolute atomic E-state index is 12.3. The Morgan fingerprint density at radius 1 is 1.27 bits per heavy atom. The molecule has 0 fully saturated rings. The molecule has 3 nitrogen and oxygen atoms in total. The third kappa shape index (κ3) is 3.57. The van der Waals surface area contributed by atoms with Crippen molar-refractivity contribution in [2.24, 2.45) is 0 Å². The summed E-state index contributed by atoms with van der Waals surface area (Å²) in [6, 6.07) is 10.8. The van der Waals surface area contributed by atoms with Gasteiger partial charge in [-0.3, -0.25) is 4.79 Å². The van der Waals surface area contributed by atoms with Crippen LogP contribution in [0.3, 0.4) is 0 Å². The minimum Gasteiger partial charge on any atom is -0.334 e. The summed E-state index contributed by atoms with van der Waals surface area (Å²) in [7, 11) is 0. The minimum atomic E-state index is 0.265. The molecule has 1 unspecified atom stereocenters. The van der Waals surface area contributed by atoms with Gasteiger partial charge in [-0.2, -0.15) is 11.3 Å². The van der Waals surface area contributed by atoms with Crippen molar-refractivity contribution in [1.82, 2.24) is 10.2 Å². The van der Waals surface area contributed by atoms with Crippen LogP contribution in [0, 0.1) is 0 Å². The molecule has 1 aromatic carbocycles. The molecule has 1 N–H and O–H groups in total. The number of hydrogen-bond acceptors (Lipinski definition) is 3. The van der Waals surface area contributed by atoms with E-state index in [-0.39, 0.29) is 5.91 Å². The fraction of sp³-hybridized carbons (Fsp3) is 0.389. The molecule has 1 aliphatic rings. The van der Waals surface area contributed by atoms with E-state index in [2.05, 4.69) is 41.2 Å². The lowest BCUT2D eigenvalue weighted by atomic mass is 10.1. The highest BCUT2D eigenvalue weighted by atomic mass is 32.1. The minimum absolute atomic E-state index is 0.265. The van der Waals surface area contributed by atoms with Gasteiger partial charge in [-0.05, 0) is 53.4 Å². The fourth-order valence-corrected chi connectivity index (χ4v) is 3.62. The second kappa shape index (κ2) is 7.07. The molecule has 0 saturated heterocycles. The highest BCUT2D eigenvalue weighted by molar-refractivity contribution is 7.07. The Balaban J connectivity index is 1.39. The Kier molecular flexibility index (Phi) is 4.90. The van der Waals surface area contributed by atoms with Crippen molar-refractivity contribution < 1.29 is 4.79 Å². The number of carbonyl (C=O) groups is 1. The van der Waals surface area contributed by atoms with Gasteiger partial charge in [0.1, 0.15) is 0 Å². The van der Waals surface area contributed by atoms with Gasteiger partial charge in [-0.1, -0.05) is 24.3 Å². The van der Waals surface area contributed by atoms with Crippen molar-refractivity contribution in [3.8, 4) is 0 Å². The molecule has 1 aliphatic heterocycles. The lowest BCUT2D eigenvalue weighted by Gasteiger charge is -2.16. The molecule has 0 bridgehead atoms. The van der Waals surface area contributed by atoms with E-state index in [1.165, 1.54) is 16.7 Å². The van der Waals surface area contributed by atoms with Gasteiger partial charge < -0.3 is 10.2 Å². The molecule has 2 aromatic rings. The summed E-state index contributed by atoms with van der Waals surface area (Å²) >= 11 is 1.72. The number of hydrogen-bond donors (Lipinski definition) is 1. The molecule has 4 heteroatoms. The molecule has 2 heterocycles.